The fraction of sp³-hybridized carbons (Fsp3) is 0.0769. The number of hydrogen-bond acceptors (Lipinski definition) is 2. The van der Waals surface area contributed by atoms with Crippen LogP contribution in [0.5, 0.6) is 0 Å². The van der Waals surface area contributed by atoms with Crippen LogP contribution >= 0.6 is 15.9 Å². The Morgan fingerprint density at radius 3 is 1.20 bits per heavy atom. The van der Waals surface area contributed by atoms with Gasteiger partial charge in [0.2, 0.25) is 0 Å². The molecule has 81 heavy (non-hydrogen) atoms. The SMILES string of the molecule is CC1(C)c2ccccc2-c2ccc(Br)cc21.CC1(C)c2ccccc2-c2ccc(N(c3ccc(-c4ccccc4)cc3)c3ccccc3-c3ccccc3)cc21.c1ccc(-c2ccc(Nc3ccccc3-c3ccccc3)cc2)cc1. The Labute approximate surface area is 486 Å². The molecule has 0 fully saturated rings. The van der Waals surface area contributed by atoms with Gasteiger partial charge in [0.1, 0.15) is 0 Å². The minimum Gasteiger partial charge on any atom is -0.355 e. The molecular formula is C78H63BrN2. The van der Waals surface area contributed by atoms with Crippen molar-refractivity contribution in [2.75, 3.05) is 10.2 Å². The number of anilines is 5. The number of para-hydroxylation sites is 2. The molecule has 3 heteroatoms. The zero-order chi connectivity index (χ0) is 55.3. The van der Waals surface area contributed by atoms with Gasteiger partial charge in [-0.3, -0.25) is 0 Å². The fourth-order valence-electron chi connectivity index (χ4n) is 11.9. The highest BCUT2D eigenvalue weighted by atomic mass is 79.9. The molecule has 0 unspecified atom stereocenters. The minimum atomic E-state index is -0.0658. The predicted molar refractivity (Wildman–Crippen MR) is 348 cm³/mol. The number of nitrogens with one attached hydrogen (secondary N) is 1. The molecule has 0 saturated heterocycles. The summed E-state index contributed by atoms with van der Waals surface area (Å²) in [6, 6.07) is 108. The second-order valence-corrected chi connectivity index (χ2v) is 22.8. The molecule has 392 valence electrons. The molecule has 1 N–H and O–H groups in total. The van der Waals surface area contributed by atoms with Crippen LogP contribution in [-0.2, 0) is 10.8 Å². The lowest BCUT2D eigenvalue weighted by atomic mass is 9.82. The summed E-state index contributed by atoms with van der Waals surface area (Å²) in [5.74, 6) is 0. The van der Waals surface area contributed by atoms with Crippen molar-refractivity contribution in [2.45, 2.75) is 38.5 Å². The molecule has 14 rings (SSSR count). The second-order valence-electron chi connectivity index (χ2n) is 21.9. The molecule has 0 atom stereocenters. The van der Waals surface area contributed by atoms with Gasteiger partial charge >= 0.3 is 0 Å². The lowest BCUT2D eigenvalue weighted by Gasteiger charge is -2.30. The smallest absolute Gasteiger partial charge is 0.0540 e. The Morgan fingerprint density at radius 1 is 0.284 bits per heavy atom. The van der Waals surface area contributed by atoms with Crippen molar-refractivity contribution < 1.29 is 0 Å². The summed E-state index contributed by atoms with van der Waals surface area (Å²) in [5, 5.41) is 3.55. The van der Waals surface area contributed by atoms with Gasteiger partial charge in [0.25, 0.3) is 0 Å². The van der Waals surface area contributed by atoms with Crippen LogP contribution in [0.2, 0.25) is 0 Å². The normalized spacial score (nSPS) is 12.7. The topological polar surface area (TPSA) is 15.3 Å². The number of fused-ring (bicyclic) bond motifs is 6. The zero-order valence-corrected chi connectivity index (χ0v) is 47.8. The fourth-order valence-corrected chi connectivity index (χ4v) is 12.3. The first-order valence-electron chi connectivity index (χ1n) is 27.9. The molecule has 0 saturated carbocycles. The van der Waals surface area contributed by atoms with Crippen molar-refractivity contribution in [3.8, 4) is 66.8 Å². The Kier molecular flexibility index (Phi) is 14.8. The van der Waals surface area contributed by atoms with E-state index in [1.807, 2.05) is 12.1 Å². The maximum absolute atomic E-state index is 3.56. The lowest BCUT2D eigenvalue weighted by Crippen LogP contribution is -2.16. The van der Waals surface area contributed by atoms with Gasteiger partial charge in [0, 0.05) is 49.2 Å². The Balaban J connectivity index is 0.000000134. The number of benzene rings is 12. The molecule has 12 aromatic carbocycles. The summed E-state index contributed by atoms with van der Waals surface area (Å²) in [4.78, 5) is 2.41. The highest BCUT2D eigenvalue weighted by Gasteiger charge is 2.37. The molecule has 0 aliphatic heterocycles. The number of nitrogens with zero attached hydrogens (tertiary/aromatic N) is 1. The first kappa shape index (κ1) is 52.4. The van der Waals surface area contributed by atoms with E-state index >= 15 is 0 Å². The third-order valence-electron chi connectivity index (χ3n) is 16.1. The maximum atomic E-state index is 3.56. The van der Waals surface area contributed by atoms with Crippen LogP contribution in [0.25, 0.3) is 66.8 Å². The first-order valence-corrected chi connectivity index (χ1v) is 28.7. The average Bonchev–Trinajstić information content (AvgIpc) is 4.11. The van der Waals surface area contributed by atoms with Crippen molar-refractivity contribution in [3.63, 3.8) is 0 Å². The lowest BCUT2D eigenvalue weighted by molar-refractivity contribution is 0.660. The van der Waals surface area contributed by atoms with Gasteiger partial charge in [0.15, 0.2) is 0 Å². The van der Waals surface area contributed by atoms with E-state index < -0.39 is 0 Å². The van der Waals surface area contributed by atoms with Crippen LogP contribution in [-0.4, -0.2) is 0 Å². The highest BCUT2D eigenvalue weighted by molar-refractivity contribution is 9.10. The molecule has 0 bridgehead atoms. The molecule has 2 aliphatic rings. The van der Waals surface area contributed by atoms with E-state index in [1.165, 1.54) is 89.0 Å². The van der Waals surface area contributed by atoms with Crippen molar-refractivity contribution >= 4 is 44.4 Å². The molecule has 2 aliphatic carbocycles. The summed E-state index contributed by atoms with van der Waals surface area (Å²) in [7, 11) is 0. The van der Waals surface area contributed by atoms with Crippen LogP contribution in [0.4, 0.5) is 28.4 Å². The molecule has 0 heterocycles. The largest absolute Gasteiger partial charge is 0.355 e. The Morgan fingerprint density at radius 2 is 0.654 bits per heavy atom. The molecule has 12 aromatic rings. The summed E-state index contributed by atoms with van der Waals surface area (Å²) >= 11 is 3.56. The monoisotopic (exact) mass is 1110 g/mol. The van der Waals surface area contributed by atoms with Crippen LogP contribution < -0.4 is 10.2 Å². The zero-order valence-electron chi connectivity index (χ0n) is 46.2. The van der Waals surface area contributed by atoms with Crippen LogP contribution in [0, 0.1) is 0 Å². The van der Waals surface area contributed by atoms with Gasteiger partial charge in [-0.2, -0.15) is 0 Å². The highest BCUT2D eigenvalue weighted by Crippen LogP contribution is 2.52. The van der Waals surface area contributed by atoms with Gasteiger partial charge in [0.05, 0.1) is 5.69 Å². The molecule has 0 aromatic heterocycles. The van der Waals surface area contributed by atoms with Crippen LogP contribution in [0.3, 0.4) is 0 Å². The van der Waals surface area contributed by atoms with Crippen LogP contribution in [0.1, 0.15) is 49.9 Å². The van der Waals surface area contributed by atoms with E-state index in [0.717, 1.165) is 32.9 Å². The van der Waals surface area contributed by atoms with Crippen molar-refractivity contribution in [3.05, 3.63) is 330 Å². The van der Waals surface area contributed by atoms with E-state index in [9.17, 15) is 0 Å². The van der Waals surface area contributed by atoms with Gasteiger partial charge in [-0.05, 0) is 139 Å². The summed E-state index contributed by atoms with van der Waals surface area (Å²) in [6.45, 7) is 9.28. The average molecular weight is 1110 g/mol. The first-order chi connectivity index (χ1) is 39.6. The third kappa shape index (κ3) is 10.7. The van der Waals surface area contributed by atoms with E-state index in [-0.39, 0.29) is 10.8 Å². The van der Waals surface area contributed by atoms with E-state index in [4.69, 9.17) is 0 Å². The van der Waals surface area contributed by atoms with Crippen molar-refractivity contribution in [1.82, 2.24) is 0 Å². The summed E-state index contributed by atoms with van der Waals surface area (Å²) < 4.78 is 1.16. The summed E-state index contributed by atoms with van der Waals surface area (Å²) in [6.07, 6.45) is 0. The molecule has 0 spiro atoms. The maximum Gasteiger partial charge on any atom is 0.0540 e. The van der Waals surface area contributed by atoms with Gasteiger partial charge in [-0.25, -0.2) is 0 Å². The third-order valence-corrected chi connectivity index (χ3v) is 16.6. The van der Waals surface area contributed by atoms with E-state index in [2.05, 4.69) is 345 Å². The molecule has 2 nitrogen and oxygen atoms in total. The number of rotatable bonds is 9. The van der Waals surface area contributed by atoms with E-state index in [1.54, 1.807) is 0 Å². The Bertz CT molecular complexity index is 4110. The van der Waals surface area contributed by atoms with Gasteiger partial charge in [-0.1, -0.05) is 286 Å². The van der Waals surface area contributed by atoms with E-state index in [0.29, 0.717) is 0 Å². The number of hydrogen-bond donors (Lipinski definition) is 1. The summed E-state index contributed by atoms with van der Waals surface area (Å²) in [5.41, 5.74) is 26.5. The van der Waals surface area contributed by atoms with Gasteiger partial charge < -0.3 is 10.2 Å². The predicted octanol–water partition coefficient (Wildman–Crippen LogP) is 22.3. The van der Waals surface area contributed by atoms with Crippen molar-refractivity contribution in [2.24, 2.45) is 0 Å². The van der Waals surface area contributed by atoms with Crippen molar-refractivity contribution in [1.29, 1.82) is 0 Å². The quantitative estimate of drug-likeness (QED) is 0.155. The standard InChI is InChI=1S/C39H31N.C24H19N.C15H13Br/c1-39(2)36-19-11-9-18-34(36)35-26-25-32(27-37(35)39)40(31-23-21-29(22-24-31)28-13-5-3-6-14-28)38-20-12-10-17-33(38)30-15-7-4-8-16-30;1-3-9-19(10-4-1)20-15-17-22(18-16-20)25-24-14-8-7-13-23(24)21-11-5-2-6-12-21;1-15(2)13-6-4-3-5-11(13)12-8-7-10(16)9-14(12)15/h3-27H,1-2H3;1-18,25H;3-9H,1-2H3. The molecular weight excluding hydrogens is 1040 g/mol. The van der Waals surface area contributed by atoms with Gasteiger partial charge in [-0.15, -0.1) is 0 Å². The minimum absolute atomic E-state index is 0.0658. The molecule has 0 amide bonds. The van der Waals surface area contributed by atoms with Crippen LogP contribution in [0.15, 0.2) is 308 Å². The Hall–Kier alpha value is -9.28. The molecule has 0 radical (unpaired) electrons. The number of halogens is 1. The second kappa shape index (κ2) is 22.8.